The second kappa shape index (κ2) is 5.34. The normalized spacial score (nSPS) is 10.8. The Bertz CT molecular complexity index is 795. The first-order valence-electron chi connectivity index (χ1n) is 6.40. The molecule has 21 heavy (non-hydrogen) atoms. The lowest BCUT2D eigenvalue weighted by Crippen LogP contribution is -2.22. The molecule has 1 aromatic carbocycles. The highest BCUT2D eigenvalue weighted by atomic mass is 19.1. The number of fused-ring (bicyclic) bond motifs is 1. The number of hydrogen-bond acceptors (Lipinski definition) is 3. The third-order valence-electron chi connectivity index (χ3n) is 3.17. The van der Waals surface area contributed by atoms with E-state index < -0.39 is 0 Å². The van der Waals surface area contributed by atoms with E-state index in [1.807, 2.05) is 6.07 Å². The van der Waals surface area contributed by atoms with Gasteiger partial charge < -0.3 is 16.0 Å². The van der Waals surface area contributed by atoms with Crippen LogP contribution >= 0.6 is 0 Å². The SMILES string of the molecule is NCC(=O)Nc1ccc(-c2c[nH]c3cc(F)ccc23)cn1. The zero-order valence-corrected chi connectivity index (χ0v) is 11.1. The van der Waals surface area contributed by atoms with E-state index in [1.54, 1.807) is 24.5 Å². The molecule has 0 bridgehead atoms. The van der Waals surface area contributed by atoms with Crippen LogP contribution in [0, 0.1) is 5.82 Å². The van der Waals surface area contributed by atoms with Gasteiger partial charge in [-0.25, -0.2) is 9.37 Å². The molecule has 0 unspecified atom stereocenters. The second-order valence-electron chi connectivity index (χ2n) is 4.58. The van der Waals surface area contributed by atoms with Gasteiger partial charge in [0.05, 0.1) is 6.54 Å². The van der Waals surface area contributed by atoms with Crippen molar-refractivity contribution >= 4 is 22.6 Å². The predicted molar refractivity (Wildman–Crippen MR) is 79.2 cm³/mol. The number of nitrogens with two attached hydrogens (primary N) is 1. The fraction of sp³-hybridized carbons (Fsp3) is 0.0667. The van der Waals surface area contributed by atoms with Gasteiger partial charge in [-0.1, -0.05) is 0 Å². The number of rotatable bonds is 3. The van der Waals surface area contributed by atoms with Gasteiger partial charge in [0, 0.05) is 34.4 Å². The molecule has 5 nitrogen and oxygen atoms in total. The number of H-pyrrole nitrogens is 1. The van der Waals surface area contributed by atoms with Crippen LogP contribution in [0.25, 0.3) is 22.0 Å². The fourth-order valence-electron chi connectivity index (χ4n) is 2.16. The van der Waals surface area contributed by atoms with Crippen LogP contribution in [0.5, 0.6) is 0 Å². The number of hydrogen-bond donors (Lipinski definition) is 3. The van der Waals surface area contributed by atoms with E-state index in [0.29, 0.717) is 5.82 Å². The first-order chi connectivity index (χ1) is 10.2. The van der Waals surface area contributed by atoms with Gasteiger partial charge in [0.25, 0.3) is 0 Å². The molecule has 3 aromatic rings. The standard InChI is InChI=1S/C15H13FN4O/c16-10-2-3-11-12(8-18-13(11)5-10)9-1-4-14(19-7-9)20-15(21)6-17/h1-5,7-8,18H,6,17H2,(H,19,20,21). The molecule has 0 saturated carbocycles. The highest BCUT2D eigenvalue weighted by Gasteiger charge is 2.08. The molecule has 4 N–H and O–H groups in total. The molecule has 6 heteroatoms. The molecule has 0 radical (unpaired) electrons. The fourth-order valence-corrected chi connectivity index (χ4v) is 2.16. The van der Waals surface area contributed by atoms with Crippen molar-refractivity contribution < 1.29 is 9.18 Å². The van der Waals surface area contributed by atoms with Crippen LogP contribution < -0.4 is 11.1 Å². The molecular formula is C15H13FN4O. The van der Waals surface area contributed by atoms with Gasteiger partial charge in [0.2, 0.25) is 5.91 Å². The summed E-state index contributed by atoms with van der Waals surface area (Å²) in [6, 6.07) is 8.13. The van der Waals surface area contributed by atoms with E-state index in [9.17, 15) is 9.18 Å². The van der Waals surface area contributed by atoms with Gasteiger partial charge in [-0.2, -0.15) is 0 Å². The summed E-state index contributed by atoms with van der Waals surface area (Å²) in [6.07, 6.45) is 3.46. The van der Waals surface area contributed by atoms with Crippen molar-refractivity contribution in [1.29, 1.82) is 0 Å². The first kappa shape index (κ1) is 13.3. The van der Waals surface area contributed by atoms with E-state index in [1.165, 1.54) is 12.1 Å². The van der Waals surface area contributed by atoms with E-state index >= 15 is 0 Å². The maximum atomic E-state index is 13.2. The van der Waals surface area contributed by atoms with Crippen LogP contribution in [-0.4, -0.2) is 22.4 Å². The monoisotopic (exact) mass is 284 g/mol. The number of benzene rings is 1. The smallest absolute Gasteiger partial charge is 0.239 e. The van der Waals surface area contributed by atoms with E-state index in [2.05, 4.69) is 15.3 Å². The Morgan fingerprint density at radius 2 is 2.19 bits per heavy atom. The molecule has 0 saturated heterocycles. The van der Waals surface area contributed by atoms with Crippen LogP contribution in [0.1, 0.15) is 0 Å². The average Bonchev–Trinajstić information content (AvgIpc) is 2.90. The van der Waals surface area contributed by atoms with Crippen LogP contribution in [0.15, 0.2) is 42.7 Å². The Hall–Kier alpha value is -2.73. The van der Waals surface area contributed by atoms with Crippen molar-refractivity contribution in [2.45, 2.75) is 0 Å². The lowest BCUT2D eigenvalue weighted by Gasteiger charge is -2.04. The summed E-state index contributed by atoms with van der Waals surface area (Å²) in [5.41, 5.74) is 7.75. The third kappa shape index (κ3) is 2.61. The van der Waals surface area contributed by atoms with Gasteiger partial charge in [0.15, 0.2) is 0 Å². The summed E-state index contributed by atoms with van der Waals surface area (Å²) in [6.45, 7) is -0.0859. The molecule has 0 aliphatic carbocycles. The van der Waals surface area contributed by atoms with E-state index in [4.69, 9.17) is 5.73 Å². The number of pyridine rings is 1. The van der Waals surface area contributed by atoms with Gasteiger partial charge in [0.1, 0.15) is 11.6 Å². The minimum Gasteiger partial charge on any atom is -0.360 e. The summed E-state index contributed by atoms with van der Waals surface area (Å²) in [5, 5.41) is 3.49. The Balaban J connectivity index is 1.94. The number of aromatic nitrogens is 2. The topological polar surface area (TPSA) is 83.8 Å². The summed E-state index contributed by atoms with van der Waals surface area (Å²) in [7, 11) is 0. The average molecular weight is 284 g/mol. The number of anilines is 1. The maximum Gasteiger partial charge on any atom is 0.239 e. The van der Waals surface area contributed by atoms with Crippen molar-refractivity contribution in [3.05, 3.63) is 48.5 Å². The number of halogens is 1. The summed E-state index contributed by atoms with van der Waals surface area (Å²) < 4.78 is 13.2. The molecular weight excluding hydrogens is 271 g/mol. The number of amides is 1. The zero-order chi connectivity index (χ0) is 14.8. The molecule has 2 heterocycles. The summed E-state index contributed by atoms with van der Waals surface area (Å²) >= 11 is 0. The van der Waals surface area contributed by atoms with E-state index in [-0.39, 0.29) is 18.3 Å². The Labute approximate surface area is 120 Å². The Morgan fingerprint density at radius 1 is 1.33 bits per heavy atom. The van der Waals surface area contributed by atoms with Crippen molar-refractivity contribution in [3.8, 4) is 11.1 Å². The molecule has 0 aliphatic rings. The molecule has 0 atom stereocenters. The summed E-state index contributed by atoms with van der Waals surface area (Å²) in [4.78, 5) is 18.4. The molecule has 106 valence electrons. The number of carbonyl (C=O) groups is 1. The largest absolute Gasteiger partial charge is 0.360 e. The summed E-state index contributed by atoms with van der Waals surface area (Å²) in [5.74, 6) is -0.133. The Kier molecular flexibility index (Phi) is 3.37. The van der Waals surface area contributed by atoms with Gasteiger partial charge >= 0.3 is 0 Å². The van der Waals surface area contributed by atoms with Gasteiger partial charge in [-0.3, -0.25) is 4.79 Å². The highest BCUT2D eigenvalue weighted by Crippen LogP contribution is 2.28. The van der Waals surface area contributed by atoms with Crippen LogP contribution in [0.2, 0.25) is 0 Å². The highest BCUT2D eigenvalue weighted by molar-refractivity contribution is 5.96. The van der Waals surface area contributed by atoms with Crippen molar-refractivity contribution in [2.24, 2.45) is 5.73 Å². The minimum atomic E-state index is -0.294. The number of carbonyl (C=O) groups excluding carboxylic acids is 1. The second-order valence-corrected chi connectivity index (χ2v) is 4.58. The number of aromatic amines is 1. The van der Waals surface area contributed by atoms with Crippen molar-refractivity contribution in [2.75, 3.05) is 11.9 Å². The maximum absolute atomic E-state index is 13.2. The minimum absolute atomic E-state index is 0.0859. The lowest BCUT2D eigenvalue weighted by molar-refractivity contribution is -0.114. The molecule has 1 amide bonds. The number of nitrogens with zero attached hydrogens (tertiary/aromatic N) is 1. The lowest BCUT2D eigenvalue weighted by atomic mass is 10.1. The zero-order valence-electron chi connectivity index (χ0n) is 11.1. The van der Waals surface area contributed by atoms with Crippen molar-refractivity contribution in [1.82, 2.24) is 9.97 Å². The molecule has 0 aliphatic heterocycles. The van der Waals surface area contributed by atoms with Crippen molar-refractivity contribution in [3.63, 3.8) is 0 Å². The van der Waals surface area contributed by atoms with Crippen LogP contribution in [0.4, 0.5) is 10.2 Å². The molecule has 3 rings (SSSR count). The first-order valence-corrected chi connectivity index (χ1v) is 6.40. The van der Waals surface area contributed by atoms with Gasteiger partial charge in [-0.05, 0) is 30.3 Å². The third-order valence-corrected chi connectivity index (χ3v) is 3.17. The van der Waals surface area contributed by atoms with Crippen LogP contribution in [-0.2, 0) is 4.79 Å². The Morgan fingerprint density at radius 3 is 2.90 bits per heavy atom. The predicted octanol–water partition coefficient (Wildman–Crippen LogP) is 2.27. The van der Waals surface area contributed by atoms with Crippen LogP contribution in [0.3, 0.4) is 0 Å². The molecule has 2 aromatic heterocycles. The van der Waals surface area contributed by atoms with E-state index in [0.717, 1.165) is 22.0 Å². The quantitative estimate of drug-likeness (QED) is 0.690. The molecule has 0 fully saturated rings. The number of nitrogens with one attached hydrogen (secondary N) is 2. The van der Waals surface area contributed by atoms with Gasteiger partial charge in [-0.15, -0.1) is 0 Å². The molecule has 0 spiro atoms.